The lowest BCUT2D eigenvalue weighted by atomic mass is 9.80. The number of ether oxygens (including phenoxy) is 2. The molecule has 2 aromatic heterocycles. The fraction of sp³-hybridized carbons (Fsp3) is 0.222. The molecule has 3 N–H and O–H groups in total. The maximum absolute atomic E-state index is 14.4. The highest BCUT2D eigenvalue weighted by molar-refractivity contribution is 8.00. The molecule has 0 saturated carbocycles. The molecule has 2 aliphatic rings. The van der Waals surface area contributed by atoms with Crippen LogP contribution in [-0.2, 0) is 39.1 Å². The minimum atomic E-state index is -1.32. The number of anilines is 1. The van der Waals surface area contributed by atoms with E-state index in [0.717, 1.165) is 39.3 Å². The van der Waals surface area contributed by atoms with Crippen molar-refractivity contribution in [2.45, 2.75) is 44.7 Å². The van der Waals surface area contributed by atoms with Gasteiger partial charge in [0.2, 0.25) is 12.4 Å². The molecule has 0 spiro atoms. The number of nitrogens with one attached hydrogen (secondary N) is 1. The Bertz CT molecular complexity index is 2370. The lowest BCUT2D eigenvalue weighted by molar-refractivity contribution is -0.173. The molecule has 0 radical (unpaired) electrons. The van der Waals surface area contributed by atoms with Crippen molar-refractivity contribution < 1.29 is 33.5 Å². The van der Waals surface area contributed by atoms with E-state index in [9.17, 15) is 19.2 Å². The van der Waals surface area contributed by atoms with Crippen LogP contribution in [0, 0.1) is 12.3 Å². The largest absolute Gasteiger partial charge is 0.427 e. The van der Waals surface area contributed by atoms with Crippen LogP contribution in [0.4, 0.5) is 5.13 Å². The summed E-state index contributed by atoms with van der Waals surface area (Å²) in [6, 6.07) is 31.3. The Morgan fingerprint density at radius 2 is 1.52 bits per heavy atom. The van der Waals surface area contributed by atoms with Gasteiger partial charge in [-0.05, 0) is 44.9 Å². The van der Waals surface area contributed by atoms with Gasteiger partial charge in [0.15, 0.2) is 10.8 Å². The van der Waals surface area contributed by atoms with E-state index in [0.29, 0.717) is 5.57 Å². The van der Waals surface area contributed by atoms with E-state index in [1.807, 2.05) is 110 Å². The number of pyridine rings is 1. The van der Waals surface area contributed by atoms with Gasteiger partial charge in [-0.15, -0.1) is 23.1 Å². The Hall–Kier alpha value is -6.58. The summed E-state index contributed by atoms with van der Waals surface area (Å²) in [4.78, 5) is 71.2. The number of carbonyl (C=O) groups is 4. The molecule has 0 aliphatic carbocycles. The number of amides is 2. The molecule has 5 aromatic rings. The smallest absolute Gasteiger partial charge is 0.358 e. The minimum Gasteiger partial charge on any atom is -0.427 e. The number of carbonyl (C=O) groups excluding carboxylic acids is 4. The van der Waals surface area contributed by atoms with Gasteiger partial charge in [-0.1, -0.05) is 114 Å². The molecule has 2 amide bonds. The number of oxime groups is 1. The number of nitrogens with zero attached hydrogens (tertiary/aromatic N) is 4. The number of hydrogen-bond donors (Lipinski definition) is 2. The second-order valence-electron chi connectivity index (χ2n) is 14.9. The van der Waals surface area contributed by atoms with Crippen LogP contribution < -0.4 is 11.1 Å². The number of benzene rings is 3. The van der Waals surface area contributed by atoms with E-state index in [1.165, 1.54) is 16.7 Å². The maximum Gasteiger partial charge on any atom is 0.358 e. The first-order valence-corrected chi connectivity index (χ1v) is 20.9. The second kappa shape index (κ2) is 17.7. The lowest BCUT2D eigenvalue weighted by Crippen LogP contribution is -2.71. The van der Waals surface area contributed by atoms with Crippen molar-refractivity contribution in [2.75, 3.05) is 18.3 Å². The van der Waals surface area contributed by atoms with E-state index in [-0.39, 0.29) is 28.0 Å². The molecule has 7 rings (SSSR count). The van der Waals surface area contributed by atoms with E-state index >= 15 is 0 Å². The van der Waals surface area contributed by atoms with Crippen LogP contribution >= 0.6 is 23.1 Å². The molecular weight excluding hydrogens is 801 g/mol. The molecule has 4 heterocycles. The third-order valence-electron chi connectivity index (χ3n) is 9.68. The van der Waals surface area contributed by atoms with Crippen molar-refractivity contribution in [3.05, 3.63) is 166 Å². The van der Waals surface area contributed by atoms with Gasteiger partial charge in [-0.25, -0.2) is 9.78 Å². The number of β-lactam (4-membered cyclic amide) rings is 1. The molecule has 2 aliphatic heterocycles. The standard InChI is InChI=1S/C45H42N6O7S2/c1-28-20-21-29(24-47-28)22-23-30-25-59-40-36(39(53)51(40)37(30)41(54)56-27-57-42(55)44(2,3)4)49-38(52)35(34-26-60-43(46)48-34)50-58-45(31-14-8-5-9-15-31,32-16-10-6-11-17-32)33-18-12-7-13-19-33/h5-24,26,36,40H,25,27H2,1-4H3,(H2,46,48)(H,49,52)/b23-22-,50-35?/t36-,40-/m1/s1. The van der Waals surface area contributed by atoms with Gasteiger partial charge in [-0.3, -0.25) is 24.3 Å². The van der Waals surface area contributed by atoms with Gasteiger partial charge in [0.25, 0.3) is 11.8 Å². The van der Waals surface area contributed by atoms with E-state index in [4.69, 9.17) is 20.0 Å². The van der Waals surface area contributed by atoms with Crippen LogP contribution in [0.1, 0.15) is 54.4 Å². The zero-order valence-corrected chi connectivity index (χ0v) is 34.9. The summed E-state index contributed by atoms with van der Waals surface area (Å²) in [5.41, 5.74) is 8.16. The first-order chi connectivity index (χ1) is 28.9. The molecule has 0 unspecified atom stereocenters. The monoisotopic (exact) mass is 842 g/mol. The highest BCUT2D eigenvalue weighted by atomic mass is 32.2. The first kappa shape index (κ1) is 41.6. The van der Waals surface area contributed by atoms with Crippen LogP contribution in [0.15, 0.2) is 137 Å². The molecule has 15 heteroatoms. The Balaban J connectivity index is 1.20. The number of thiazole rings is 1. The number of allylic oxidation sites excluding steroid dienone is 1. The van der Waals surface area contributed by atoms with Crippen molar-refractivity contribution in [2.24, 2.45) is 10.6 Å². The Kier molecular flexibility index (Phi) is 12.3. The summed E-state index contributed by atoms with van der Waals surface area (Å²) in [6.45, 7) is 6.26. The molecule has 1 fully saturated rings. The van der Waals surface area contributed by atoms with E-state index in [2.05, 4.69) is 20.4 Å². The van der Waals surface area contributed by atoms with Gasteiger partial charge < -0.3 is 25.4 Å². The molecular formula is C45H42N6O7S2. The average Bonchev–Trinajstić information content (AvgIpc) is 3.69. The summed E-state index contributed by atoms with van der Waals surface area (Å²) in [7, 11) is 0. The fourth-order valence-electron chi connectivity index (χ4n) is 6.56. The molecule has 0 bridgehead atoms. The Labute approximate surface area is 355 Å². The molecule has 60 heavy (non-hydrogen) atoms. The molecule has 13 nitrogen and oxygen atoms in total. The average molecular weight is 843 g/mol. The van der Waals surface area contributed by atoms with Crippen molar-refractivity contribution in [3.8, 4) is 0 Å². The molecule has 306 valence electrons. The van der Waals surface area contributed by atoms with Crippen molar-refractivity contribution in [1.82, 2.24) is 20.2 Å². The SMILES string of the molecule is Cc1ccc(/C=C\C2=C(C(=O)OCOC(=O)C(C)(C)C)N3C(=O)[C@@H](NC(=O)C(=NOC(c4ccccc4)(c4ccccc4)c4ccccc4)c4csc(N)n4)[C@H]3SC2)cn1. The number of aryl methyl sites for hydroxylation is 1. The van der Waals surface area contributed by atoms with Gasteiger partial charge in [-0.2, -0.15) is 0 Å². The van der Waals surface area contributed by atoms with Crippen LogP contribution in [0.2, 0.25) is 0 Å². The van der Waals surface area contributed by atoms with Crippen LogP contribution in [-0.4, -0.2) is 68.3 Å². The number of fused-ring (bicyclic) bond motifs is 1. The predicted octanol–water partition coefficient (Wildman–Crippen LogP) is 6.60. The maximum atomic E-state index is 14.4. The Morgan fingerprint density at radius 3 is 2.05 bits per heavy atom. The van der Waals surface area contributed by atoms with Crippen molar-refractivity contribution in [3.63, 3.8) is 0 Å². The van der Waals surface area contributed by atoms with Crippen LogP contribution in [0.5, 0.6) is 0 Å². The third kappa shape index (κ3) is 8.72. The minimum absolute atomic E-state index is 0.0276. The quantitative estimate of drug-likeness (QED) is 0.0326. The number of rotatable bonds is 13. The topological polar surface area (TPSA) is 175 Å². The van der Waals surface area contributed by atoms with Crippen molar-refractivity contribution in [1.29, 1.82) is 0 Å². The highest BCUT2D eigenvalue weighted by Crippen LogP contribution is 2.43. The molecule has 3 aromatic carbocycles. The molecule has 1 saturated heterocycles. The number of nitrogen functional groups attached to an aromatic ring is 1. The van der Waals surface area contributed by atoms with Crippen molar-refractivity contribution >= 4 is 63.8 Å². The summed E-state index contributed by atoms with van der Waals surface area (Å²) in [6.07, 6.45) is 5.19. The van der Waals surface area contributed by atoms with Crippen LogP contribution in [0.3, 0.4) is 0 Å². The van der Waals surface area contributed by atoms with Gasteiger partial charge in [0.05, 0.1) is 5.41 Å². The van der Waals surface area contributed by atoms with Gasteiger partial charge in [0, 0.05) is 39.7 Å². The lowest BCUT2D eigenvalue weighted by Gasteiger charge is -2.49. The molecule has 2 atom stereocenters. The summed E-state index contributed by atoms with van der Waals surface area (Å²) in [5, 5.41) is 8.47. The summed E-state index contributed by atoms with van der Waals surface area (Å²) >= 11 is 2.47. The predicted molar refractivity (Wildman–Crippen MR) is 230 cm³/mol. The van der Waals surface area contributed by atoms with Gasteiger partial charge >= 0.3 is 11.9 Å². The van der Waals surface area contributed by atoms with E-state index < -0.39 is 53.0 Å². The zero-order valence-electron chi connectivity index (χ0n) is 33.2. The van der Waals surface area contributed by atoms with Crippen LogP contribution in [0.25, 0.3) is 6.08 Å². The summed E-state index contributed by atoms with van der Waals surface area (Å²) < 4.78 is 10.6. The first-order valence-electron chi connectivity index (χ1n) is 18.9. The number of esters is 2. The number of nitrogens with two attached hydrogens (primary N) is 1. The second-order valence-corrected chi connectivity index (χ2v) is 16.9. The zero-order chi connectivity index (χ0) is 42.4. The number of hydrogen-bond acceptors (Lipinski definition) is 13. The van der Waals surface area contributed by atoms with E-state index in [1.54, 1.807) is 44.5 Å². The fourth-order valence-corrected chi connectivity index (χ4v) is 8.42. The Morgan fingerprint density at radius 1 is 0.900 bits per heavy atom. The normalized spacial score (nSPS) is 16.8. The number of thioether (sulfide) groups is 1. The number of aromatic nitrogens is 2. The third-order valence-corrected chi connectivity index (χ3v) is 11.7. The van der Waals surface area contributed by atoms with Gasteiger partial charge in [0.1, 0.15) is 22.8 Å². The highest BCUT2D eigenvalue weighted by Gasteiger charge is 2.54. The summed E-state index contributed by atoms with van der Waals surface area (Å²) in [5.74, 6) is -2.46.